The van der Waals surface area contributed by atoms with E-state index < -0.39 is 11.7 Å². The molecule has 5 heteroatoms. The maximum absolute atomic E-state index is 11.6. The second kappa shape index (κ2) is 5.40. The van der Waals surface area contributed by atoms with E-state index in [4.69, 9.17) is 4.74 Å². The quantitative estimate of drug-likeness (QED) is 0.872. The summed E-state index contributed by atoms with van der Waals surface area (Å²) in [6.45, 7) is 5.48. The minimum absolute atomic E-state index is 0.466. The maximum Gasteiger partial charge on any atom is 0.412 e. The molecule has 4 nitrogen and oxygen atoms in total. The van der Waals surface area contributed by atoms with Crippen molar-refractivity contribution in [1.82, 2.24) is 0 Å². The third-order valence-corrected chi connectivity index (χ3v) is 2.38. The van der Waals surface area contributed by atoms with Crippen molar-refractivity contribution in [3.63, 3.8) is 0 Å². The summed E-state index contributed by atoms with van der Waals surface area (Å²) >= 11 is 3.36. The Hall–Kier alpha value is -1.23. The van der Waals surface area contributed by atoms with Crippen LogP contribution in [0.1, 0.15) is 20.8 Å². The Labute approximate surface area is 110 Å². The van der Waals surface area contributed by atoms with E-state index in [1.807, 2.05) is 39.0 Å². The molecule has 0 radical (unpaired) electrons. The third kappa shape index (κ3) is 4.65. The van der Waals surface area contributed by atoms with Crippen LogP contribution in [0.5, 0.6) is 0 Å². The Morgan fingerprint density at radius 2 is 1.94 bits per heavy atom. The van der Waals surface area contributed by atoms with Gasteiger partial charge >= 0.3 is 6.09 Å². The van der Waals surface area contributed by atoms with Crippen LogP contribution < -0.4 is 10.6 Å². The van der Waals surface area contributed by atoms with Crippen molar-refractivity contribution >= 4 is 33.4 Å². The lowest BCUT2D eigenvalue weighted by Crippen LogP contribution is -2.27. The normalized spacial score (nSPS) is 10.9. The number of halogens is 1. The van der Waals surface area contributed by atoms with Gasteiger partial charge < -0.3 is 10.1 Å². The zero-order valence-electron chi connectivity index (χ0n) is 10.4. The Morgan fingerprint density at radius 3 is 2.47 bits per heavy atom. The Balaban J connectivity index is 2.80. The van der Waals surface area contributed by atoms with Crippen LogP contribution >= 0.6 is 15.9 Å². The molecular weight excluding hydrogens is 284 g/mol. The summed E-state index contributed by atoms with van der Waals surface area (Å²) in [5.74, 6) is 0. The molecule has 1 rings (SSSR count). The molecule has 0 heterocycles. The SMILES string of the molecule is CNc1ccc(Br)cc1NC(=O)OC(C)(C)C. The van der Waals surface area contributed by atoms with Crippen molar-refractivity contribution in [2.75, 3.05) is 17.7 Å². The van der Waals surface area contributed by atoms with Gasteiger partial charge in [-0.25, -0.2) is 4.79 Å². The van der Waals surface area contributed by atoms with Crippen LogP contribution in [0.15, 0.2) is 22.7 Å². The van der Waals surface area contributed by atoms with Crippen LogP contribution in [0, 0.1) is 0 Å². The van der Waals surface area contributed by atoms with Gasteiger partial charge in [-0.3, -0.25) is 5.32 Å². The van der Waals surface area contributed by atoms with Gasteiger partial charge in [-0.05, 0) is 39.0 Å². The fourth-order valence-corrected chi connectivity index (χ4v) is 1.61. The average molecular weight is 301 g/mol. The first-order valence-corrected chi connectivity index (χ1v) is 6.08. The van der Waals surface area contributed by atoms with Crippen molar-refractivity contribution < 1.29 is 9.53 Å². The highest BCUT2D eigenvalue weighted by Gasteiger charge is 2.17. The number of rotatable bonds is 2. The van der Waals surface area contributed by atoms with Crippen LogP contribution in [0.2, 0.25) is 0 Å². The minimum atomic E-state index is -0.504. The van der Waals surface area contributed by atoms with E-state index >= 15 is 0 Å². The van der Waals surface area contributed by atoms with Gasteiger partial charge in [0, 0.05) is 11.5 Å². The molecule has 0 unspecified atom stereocenters. The summed E-state index contributed by atoms with van der Waals surface area (Å²) in [5, 5.41) is 5.71. The van der Waals surface area contributed by atoms with E-state index in [1.54, 1.807) is 7.05 Å². The van der Waals surface area contributed by atoms with Crippen LogP contribution in [0.4, 0.5) is 16.2 Å². The molecule has 17 heavy (non-hydrogen) atoms. The van der Waals surface area contributed by atoms with Gasteiger partial charge in [-0.15, -0.1) is 0 Å². The van der Waals surface area contributed by atoms with Crippen molar-refractivity contribution in [2.24, 2.45) is 0 Å². The first-order chi connectivity index (χ1) is 7.81. The number of ether oxygens (including phenoxy) is 1. The largest absolute Gasteiger partial charge is 0.444 e. The second-order valence-corrected chi connectivity index (χ2v) is 5.48. The minimum Gasteiger partial charge on any atom is -0.444 e. The topological polar surface area (TPSA) is 50.4 Å². The monoisotopic (exact) mass is 300 g/mol. The van der Waals surface area contributed by atoms with Gasteiger partial charge in [0.1, 0.15) is 5.60 Å². The van der Waals surface area contributed by atoms with E-state index in [2.05, 4.69) is 26.6 Å². The molecule has 0 aromatic heterocycles. The zero-order chi connectivity index (χ0) is 13.1. The number of carbonyl (C=O) groups excluding carboxylic acids is 1. The van der Waals surface area contributed by atoms with E-state index in [9.17, 15) is 4.79 Å². The summed E-state index contributed by atoms with van der Waals surface area (Å²) in [4.78, 5) is 11.6. The number of anilines is 2. The van der Waals surface area contributed by atoms with Crippen LogP contribution in [-0.2, 0) is 4.74 Å². The first-order valence-electron chi connectivity index (χ1n) is 5.29. The molecule has 0 fully saturated rings. The van der Waals surface area contributed by atoms with Gasteiger partial charge in [-0.2, -0.15) is 0 Å². The van der Waals surface area contributed by atoms with E-state index in [-0.39, 0.29) is 0 Å². The molecule has 0 bridgehead atoms. The number of benzene rings is 1. The first kappa shape index (κ1) is 13.8. The molecular formula is C12H17BrN2O2. The molecule has 0 saturated heterocycles. The highest BCUT2D eigenvalue weighted by Crippen LogP contribution is 2.26. The van der Waals surface area contributed by atoms with Gasteiger partial charge in [0.25, 0.3) is 0 Å². The van der Waals surface area contributed by atoms with Crippen molar-refractivity contribution in [3.8, 4) is 0 Å². The fraction of sp³-hybridized carbons (Fsp3) is 0.417. The lowest BCUT2D eigenvalue weighted by atomic mass is 10.2. The van der Waals surface area contributed by atoms with E-state index in [0.29, 0.717) is 5.69 Å². The molecule has 0 atom stereocenters. The molecule has 0 aliphatic carbocycles. The highest BCUT2D eigenvalue weighted by molar-refractivity contribution is 9.10. The van der Waals surface area contributed by atoms with E-state index in [1.165, 1.54) is 0 Å². The zero-order valence-corrected chi connectivity index (χ0v) is 12.0. The van der Waals surface area contributed by atoms with Gasteiger partial charge in [0.2, 0.25) is 0 Å². The van der Waals surface area contributed by atoms with Crippen molar-refractivity contribution in [3.05, 3.63) is 22.7 Å². The van der Waals surface area contributed by atoms with Crippen LogP contribution in [-0.4, -0.2) is 18.7 Å². The van der Waals surface area contributed by atoms with Crippen molar-refractivity contribution in [2.45, 2.75) is 26.4 Å². The second-order valence-electron chi connectivity index (χ2n) is 4.57. The molecule has 1 aromatic carbocycles. The maximum atomic E-state index is 11.6. The average Bonchev–Trinajstić information content (AvgIpc) is 2.14. The molecule has 94 valence electrons. The number of hydrogen-bond acceptors (Lipinski definition) is 3. The van der Waals surface area contributed by atoms with Crippen molar-refractivity contribution in [1.29, 1.82) is 0 Å². The van der Waals surface area contributed by atoms with Gasteiger partial charge in [0.05, 0.1) is 11.4 Å². The Morgan fingerprint density at radius 1 is 1.29 bits per heavy atom. The molecule has 0 spiro atoms. The number of hydrogen-bond donors (Lipinski definition) is 2. The predicted molar refractivity (Wildman–Crippen MR) is 73.5 cm³/mol. The molecule has 1 aromatic rings. The number of carbonyl (C=O) groups is 1. The summed E-state index contributed by atoms with van der Waals surface area (Å²) in [7, 11) is 1.80. The molecule has 0 aliphatic heterocycles. The van der Waals surface area contributed by atoms with Crippen LogP contribution in [0.3, 0.4) is 0 Å². The van der Waals surface area contributed by atoms with Gasteiger partial charge in [-0.1, -0.05) is 15.9 Å². The number of nitrogens with one attached hydrogen (secondary N) is 2. The fourth-order valence-electron chi connectivity index (χ4n) is 1.25. The summed E-state index contributed by atoms with van der Waals surface area (Å²) < 4.78 is 6.08. The molecule has 1 amide bonds. The third-order valence-electron chi connectivity index (χ3n) is 1.89. The molecule has 0 saturated carbocycles. The standard InChI is InChI=1S/C12H17BrN2O2/c1-12(2,3)17-11(16)15-10-7-8(13)5-6-9(10)14-4/h5-7,14H,1-4H3,(H,15,16). The predicted octanol–water partition coefficient (Wildman–Crippen LogP) is 3.84. The van der Waals surface area contributed by atoms with Gasteiger partial charge in [0.15, 0.2) is 0 Å². The summed E-state index contributed by atoms with van der Waals surface area (Å²) in [6.07, 6.45) is -0.466. The molecule has 2 N–H and O–H groups in total. The number of amides is 1. The van der Waals surface area contributed by atoms with Crippen LogP contribution in [0.25, 0.3) is 0 Å². The lowest BCUT2D eigenvalue weighted by molar-refractivity contribution is 0.0636. The molecule has 0 aliphatic rings. The highest BCUT2D eigenvalue weighted by atomic mass is 79.9. The Bertz CT molecular complexity index is 413. The summed E-state index contributed by atoms with van der Waals surface area (Å²) in [6, 6.07) is 5.58. The Kier molecular flexibility index (Phi) is 4.40. The lowest BCUT2D eigenvalue weighted by Gasteiger charge is -2.20. The van der Waals surface area contributed by atoms with E-state index in [0.717, 1.165) is 10.2 Å². The summed E-state index contributed by atoms with van der Waals surface area (Å²) in [5.41, 5.74) is 1.01. The smallest absolute Gasteiger partial charge is 0.412 e.